The van der Waals surface area contributed by atoms with Crippen molar-refractivity contribution >= 4 is 39.2 Å². The smallest absolute Gasteiger partial charge is 0.190 e. The quantitative estimate of drug-likeness (QED) is 0.528. The third kappa shape index (κ3) is 2.12. The molecule has 64 valence electrons. The predicted octanol–water partition coefficient (Wildman–Crippen LogP) is 2.41. The molecule has 0 spiro atoms. The van der Waals surface area contributed by atoms with Gasteiger partial charge in [0, 0.05) is 4.47 Å². The van der Waals surface area contributed by atoms with Crippen LogP contribution >= 0.6 is 27.5 Å². The summed E-state index contributed by atoms with van der Waals surface area (Å²) in [5.74, 6) is -0.130. The van der Waals surface area contributed by atoms with Crippen LogP contribution in [-0.2, 0) is 0 Å². The number of hydrogen-bond acceptors (Lipinski definition) is 1. The number of hydrogen-bond donors (Lipinski definition) is 3. The molecule has 1 aromatic carbocycles. The third-order valence-electron chi connectivity index (χ3n) is 1.22. The predicted molar refractivity (Wildman–Crippen MR) is 54.7 cm³/mol. The molecule has 0 fully saturated rings. The van der Waals surface area contributed by atoms with Gasteiger partial charge in [-0.2, -0.15) is 0 Å². The van der Waals surface area contributed by atoms with Crippen molar-refractivity contribution in [2.24, 2.45) is 5.73 Å². The van der Waals surface area contributed by atoms with Crippen molar-refractivity contribution in [3.05, 3.63) is 27.7 Å². The summed E-state index contributed by atoms with van der Waals surface area (Å²) in [6.45, 7) is 0. The molecule has 0 aliphatic heterocycles. The number of benzene rings is 1. The number of rotatable bonds is 1. The molecule has 0 radical (unpaired) electrons. The standard InChI is InChI=1S/C7H7BrClN3/c8-4-2-1-3-5(6(4)9)12-7(10)11/h1-3H,(H4,10,11,12). The van der Waals surface area contributed by atoms with Crippen LogP contribution in [0.1, 0.15) is 0 Å². The number of anilines is 1. The molecule has 0 bridgehead atoms. The van der Waals surface area contributed by atoms with Crippen LogP contribution in [0.4, 0.5) is 5.69 Å². The average Bonchev–Trinajstić information content (AvgIpc) is 1.98. The lowest BCUT2D eigenvalue weighted by molar-refractivity contribution is 1.41. The molecule has 0 unspecified atom stereocenters. The van der Waals surface area contributed by atoms with Gasteiger partial charge in [0.15, 0.2) is 5.96 Å². The summed E-state index contributed by atoms with van der Waals surface area (Å²) in [7, 11) is 0. The van der Waals surface area contributed by atoms with E-state index in [1.807, 2.05) is 6.07 Å². The highest BCUT2D eigenvalue weighted by molar-refractivity contribution is 9.10. The fourth-order valence-electron chi connectivity index (χ4n) is 0.745. The molecule has 0 aliphatic rings. The summed E-state index contributed by atoms with van der Waals surface area (Å²) < 4.78 is 0.774. The molecule has 0 heterocycles. The summed E-state index contributed by atoms with van der Waals surface area (Å²) in [6.07, 6.45) is 0. The second kappa shape index (κ2) is 3.78. The van der Waals surface area contributed by atoms with Gasteiger partial charge in [-0.3, -0.25) is 5.41 Å². The molecule has 5 heteroatoms. The molecular formula is C7H7BrClN3. The summed E-state index contributed by atoms with van der Waals surface area (Å²) in [4.78, 5) is 0. The maximum atomic E-state index is 6.99. The van der Waals surface area contributed by atoms with Gasteiger partial charge >= 0.3 is 0 Å². The topological polar surface area (TPSA) is 61.9 Å². The van der Waals surface area contributed by atoms with E-state index in [2.05, 4.69) is 21.2 Å². The lowest BCUT2D eigenvalue weighted by Crippen LogP contribution is -2.20. The molecule has 4 N–H and O–H groups in total. The molecule has 0 saturated carbocycles. The Morgan fingerprint density at radius 2 is 2.25 bits per heavy atom. The van der Waals surface area contributed by atoms with Crippen molar-refractivity contribution < 1.29 is 0 Å². The van der Waals surface area contributed by atoms with Gasteiger partial charge in [0.2, 0.25) is 0 Å². The van der Waals surface area contributed by atoms with Crippen molar-refractivity contribution in [2.45, 2.75) is 0 Å². The van der Waals surface area contributed by atoms with Crippen molar-refractivity contribution in [3.63, 3.8) is 0 Å². The first-order chi connectivity index (χ1) is 5.61. The van der Waals surface area contributed by atoms with Crippen LogP contribution in [0.2, 0.25) is 5.02 Å². The Kier molecular flexibility index (Phi) is 2.94. The zero-order chi connectivity index (χ0) is 9.14. The largest absolute Gasteiger partial charge is 0.370 e. The second-order valence-corrected chi connectivity index (χ2v) is 3.37. The summed E-state index contributed by atoms with van der Waals surface area (Å²) >= 11 is 9.13. The van der Waals surface area contributed by atoms with Gasteiger partial charge in [-0.25, -0.2) is 0 Å². The molecule has 1 aromatic rings. The van der Waals surface area contributed by atoms with Crippen LogP contribution in [0.15, 0.2) is 22.7 Å². The van der Waals surface area contributed by atoms with Gasteiger partial charge in [0.1, 0.15) is 0 Å². The Hall–Kier alpha value is -0.740. The van der Waals surface area contributed by atoms with Gasteiger partial charge in [0.05, 0.1) is 10.7 Å². The van der Waals surface area contributed by atoms with Crippen LogP contribution in [0.3, 0.4) is 0 Å². The van der Waals surface area contributed by atoms with E-state index in [4.69, 9.17) is 22.7 Å². The van der Waals surface area contributed by atoms with Gasteiger partial charge in [-0.1, -0.05) is 17.7 Å². The average molecular weight is 249 g/mol. The SMILES string of the molecule is N=C(N)Nc1cccc(Br)c1Cl. The molecule has 1 rings (SSSR count). The van der Waals surface area contributed by atoms with Crippen LogP contribution in [-0.4, -0.2) is 5.96 Å². The van der Waals surface area contributed by atoms with Crippen molar-refractivity contribution in [3.8, 4) is 0 Å². The number of nitrogens with two attached hydrogens (primary N) is 1. The van der Waals surface area contributed by atoms with Gasteiger partial charge in [-0.15, -0.1) is 0 Å². The Labute approximate surface area is 83.5 Å². The van der Waals surface area contributed by atoms with Crippen LogP contribution in [0, 0.1) is 5.41 Å². The normalized spacial score (nSPS) is 9.50. The van der Waals surface area contributed by atoms with E-state index in [9.17, 15) is 0 Å². The molecular weight excluding hydrogens is 241 g/mol. The molecule has 0 aromatic heterocycles. The first-order valence-electron chi connectivity index (χ1n) is 3.16. The van der Waals surface area contributed by atoms with Crippen molar-refractivity contribution in [1.29, 1.82) is 5.41 Å². The molecule has 0 amide bonds. The highest BCUT2D eigenvalue weighted by Crippen LogP contribution is 2.29. The Morgan fingerprint density at radius 3 is 2.83 bits per heavy atom. The van der Waals surface area contributed by atoms with Crippen molar-refractivity contribution in [1.82, 2.24) is 0 Å². The monoisotopic (exact) mass is 247 g/mol. The van der Waals surface area contributed by atoms with E-state index in [1.54, 1.807) is 12.1 Å². The number of nitrogens with one attached hydrogen (secondary N) is 2. The maximum Gasteiger partial charge on any atom is 0.190 e. The lowest BCUT2D eigenvalue weighted by Gasteiger charge is -2.06. The first kappa shape index (κ1) is 9.35. The molecule has 0 saturated heterocycles. The second-order valence-electron chi connectivity index (χ2n) is 2.14. The van der Waals surface area contributed by atoms with Crippen LogP contribution < -0.4 is 11.1 Å². The summed E-state index contributed by atoms with van der Waals surface area (Å²) in [6, 6.07) is 5.36. The van der Waals surface area contributed by atoms with Crippen molar-refractivity contribution in [2.75, 3.05) is 5.32 Å². The first-order valence-corrected chi connectivity index (χ1v) is 4.33. The maximum absolute atomic E-state index is 6.99. The van der Waals surface area contributed by atoms with E-state index < -0.39 is 0 Å². The highest BCUT2D eigenvalue weighted by Gasteiger charge is 2.02. The Morgan fingerprint density at radius 1 is 1.58 bits per heavy atom. The fraction of sp³-hybridized carbons (Fsp3) is 0. The minimum atomic E-state index is -0.130. The van der Waals surface area contributed by atoms with E-state index in [0.717, 1.165) is 4.47 Å². The van der Waals surface area contributed by atoms with Crippen LogP contribution in [0.25, 0.3) is 0 Å². The minimum absolute atomic E-state index is 0.130. The third-order valence-corrected chi connectivity index (χ3v) is 2.52. The molecule has 0 aliphatic carbocycles. The zero-order valence-corrected chi connectivity index (χ0v) is 8.41. The summed E-state index contributed by atoms with van der Waals surface area (Å²) in [5, 5.41) is 10.1. The van der Waals surface area contributed by atoms with Crippen LogP contribution in [0.5, 0.6) is 0 Å². The van der Waals surface area contributed by atoms with E-state index in [0.29, 0.717) is 10.7 Å². The molecule has 0 atom stereocenters. The number of halogens is 2. The zero-order valence-electron chi connectivity index (χ0n) is 6.07. The Balaban J connectivity index is 3.00. The molecule has 3 nitrogen and oxygen atoms in total. The van der Waals surface area contributed by atoms with Gasteiger partial charge < -0.3 is 11.1 Å². The number of guanidine groups is 1. The van der Waals surface area contributed by atoms with E-state index >= 15 is 0 Å². The van der Waals surface area contributed by atoms with E-state index in [1.165, 1.54) is 0 Å². The molecule has 12 heavy (non-hydrogen) atoms. The Bertz CT molecular complexity index is 314. The lowest BCUT2D eigenvalue weighted by atomic mass is 10.3. The van der Waals surface area contributed by atoms with E-state index in [-0.39, 0.29) is 5.96 Å². The summed E-state index contributed by atoms with van der Waals surface area (Å²) in [5.41, 5.74) is 5.77. The minimum Gasteiger partial charge on any atom is -0.370 e. The van der Waals surface area contributed by atoms with Gasteiger partial charge in [0.25, 0.3) is 0 Å². The fourth-order valence-corrected chi connectivity index (χ4v) is 1.28. The van der Waals surface area contributed by atoms with Gasteiger partial charge in [-0.05, 0) is 28.1 Å². The highest BCUT2D eigenvalue weighted by atomic mass is 79.9.